The Balaban J connectivity index is 2.24. The molecule has 0 atom stereocenters. The van der Waals surface area contributed by atoms with Crippen LogP contribution in [0.1, 0.15) is 13.8 Å². The third kappa shape index (κ3) is 3.85. The van der Waals surface area contributed by atoms with E-state index < -0.39 is 10.0 Å². The molecule has 0 spiro atoms. The monoisotopic (exact) mass is 324 g/mol. The van der Waals surface area contributed by atoms with E-state index in [4.69, 9.17) is 0 Å². The van der Waals surface area contributed by atoms with Gasteiger partial charge in [-0.1, -0.05) is 30.3 Å². The summed E-state index contributed by atoms with van der Waals surface area (Å²) in [5.41, 5.74) is 0.780. The molecule has 0 N–H and O–H groups in total. The van der Waals surface area contributed by atoms with Crippen molar-refractivity contribution in [2.75, 3.05) is 13.1 Å². The van der Waals surface area contributed by atoms with E-state index in [0.29, 0.717) is 18.9 Å². The van der Waals surface area contributed by atoms with E-state index in [1.807, 2.05) is 44.2 Å². The average molecular weight is 324 g/mol. The predicted molar refractivity (Wildman–Crippen MR) is 83.9 cm³/mol. The van der Waals surface area contributed by atoms with Crippen LogP contribution in [0.15, 0.2) is 39.1 Å². The van der Waals surface area contributed by atoms with Crippen molar-refractivity contribution in [2.45, 2.75) is 18.2 Å². The van der Waals surface area contributed by atoms with Gasteiger partial charge in [0.2, 0.25) is 0 Å². The van der Waals surface area contributed by atoms with Crippen molar-refractivity contribution in [3.05, 3.63) is 30.3 Å². The Labute approximate surface area is 128 Å². The standard InChI is InChI=1S/C13H16N4O2S2/c1-3-17(4-2)10-14-21(18,19)13-15-12(16-20-13)11-8-6-5-7-9-11/h5-10H,3-4H2,1-2H3. The lowest BCUT2D eigenvalue weighted by atomic mass is 10.2. The first-order chi connectivity index (χ1) is 10.1. The number of hydrogen-bond acceptors (Lipinski definition) is 5. The molecule has 0 amide bonds. The normalized spacial score (nSPS) is 11.9. The lowest BCUT2D eigenvalue weighted by molar-refractivity contribution is 0.480. The largest absolute Gasteiger partial charge is 0.362 e. The lowest BCUT2D eigenvalue weighted by Gasteiger charge is -2.12. The van der Waals surface area contributed by atoms with Crippen molar-refractivity contribution in [3.63, 3.8) is 0 Å². The van der Waals surface area contributed by atoms with Crippen LogP contribution in [-0.2, 0) is 10.0 Å². The first kappa shape index (κ1) is 15.6. The zero-order valence-corrected chi connectivity index (χ0v) is 13.4. The zero-order valence-electron chi connectivity index (χ0n) is 11.8. The van der Waals surface area contributed by atoms with Gasteiger partial charge in [0.15, 0.2) is 5.82 Å². The molecular weight excluding hydrogens is 308 g/mol. The van der Waals surface area contributed by atoms with E-state index in [1.54, 1.807) is 4.90 Å². The van der Waals surface area contributed by atoms with E-state index in [1.165, 1.54) is 6.34 Å². The number of rotatable bonds is 6. The second-order valence-corrected chi connectivity index (χ2v) is 6.72. The van der Waals surface area contributed by atoms with Gasteiger partial charge >= 0.3 is 10.0 Å². The fraction of sp³-hybridized carbons (Fsp3) is 0.308. The van der Waals surface area contributed by atoms with E-state index in [0.717, 1.165) is 17.1 Å². The Kier molecular flexibility index (Phi) is 5.03. The van der Waals surface area contributed by atoms with Gasteiger partial charge in [0.05, 0.1) is 0 Å². The number of nitrogens with zero attached hydrogens (tertiary/aromatic N) is 4. The maximum Gasteiger partial charge on any atom is 0.312 e. The van der Waals surface area contributed by atoms with Crippen molar-refractivity contribution in [1.29, 1.82) is 0 Å². The Morgan fingerprint density at radius 3 is 2.52 bits per heavy atom. The van der Waals surface area contributed by atoms with Gasteiger partial charge in [0.25, 0.3) is 4.34 Å². The molecule has 1 aromatic carbocycles. The maximum absolute atomic E-state index is 12.1. The molecule has 0 aliphatic rings. The Morgan fingerprint density at radius 1 is 1.24 bits per heavy atom. The van der Waals surface area contributed by atoms with Crippen LogP contribution < -0.4 is 0 Å². The van der Waals surface area contributed by atoms with Crippen LogP contribution in [0.25, 0.3) is 11.4 Å². The van der Waals surface area contributed by atoms with Crippen molar-refractivity contribution in [1.82, 2.24) is 14.3 Å². The summed E-state index contributed by atoms with van der Waals surface area (Å²) in [6.45, 7) is 5.25. The van der Waals surface area contributed by atoms with Crippen LogP contribution >= 0.6 is 11.5 Å². The quantitative estimate of drug-likeness (QED) is 0.602. The van der Waals surface area contributed by atoms with Crippen LogP contribution in [-0.4, -0.2) is 42.1 Å². The number of aromatic nitrogens is 2. The van der Waals surface area contributed by atoms with Gasteiger partial charge in [-0.15, -0.1) is 4.40 Å². The van der Waals surface area contributed by atoms with Crippen molar-refractivity contribution in [2.24, 2.45) is 4.40 Å². The van der Waals surface area contributed by atoms with Gasteiger partial charge in [-0.05, 0) is 13.8 Å². The smallest absolute Gasteiger partial charge is 0.312 e. The zero-order chi connectivity index (χ0) is 15.3. The third-order valence-electron chi connectivity index (χ3n) is 2.82. The molecule has 0 bridgehead atoms. The minimum absolute atomic E-state index is 0.0928. The summed E-state index contributed by atoms with van der Waals surface area (Å²) in [7, 11) is -3.79. The molecule has 0 saturated carbocycles. The summed E-state index contributed by atoms with van der Waals surface area (Å²) in [6.07, 6.45) is 1.33. The highest BCUT2D eigenvalue weighted by Crippen LogP contribution is 2.21. The van der Waals surface area contributed by atoms with Gasteiger partial charge in [0.1, 0.15) is 6.34 Å². The molecule has 8 heteroatoms. The van der Waals surface area contributed by atoms with Crippen molar-refractivity contribution >= 4 is 27.9 Å². The van der Waals surface area contributed by atoms with Crippen LogP contribution in [0.4, 0.5) is 0 Å². The highest BCUT2D eigenvalue weighted by Gasteiger charge is 2.19. The summed E-state index contributed by atoms with van der Waals surface area (Å²) in [4.78, 5) is 5.86. The van der Waals surface area contributed by atoms with Crippen LogP contribution in [0.2, 0.25) is 0 Å². The minimum atomic E-state index is -3.79. The third-order valence-corrected chi connectivity index (χ3v) is 5.09. The van der Waals surface area contributed by atoms with Crippen LogP contribution in [0, 0.1) is 0 Å². The van der Waals surface area contributed by atoms with E-state index >= 15 is 0 Å². The Morgan fingerprint density at radius 2 is 1.90 bits per heavy atom. The first-order valence-corrected chi connectivity index (χ1v) is 8.71. The Bertz CT molecular complexity index is 707. The van der Waals surface area contributed by atoms with Gasteiger partial charge in [-0.3, -0.25) is 0 Å². The fourth-order valence-electron chi connectivity index (χ4n) is 1.58. The molecule has 0 aliphatic carbocycles. The second-order valence-electron chi connectivity index (χ2n) is 4.17. The molecule has 0 fully saturated rings. The summed E-state index contributed by atoms with van der Waals surface area (Å²) >= 11 is 0.837. The molecule has 0 saturated heterocycles. The molecule has 112 valence electrons. The highest BCUT2D eigenvalue weighted by atomic mass is 32.2. The molecule has 1 aromatic heterocycles. The number of hydrogen-bond donors (Lipinski definition) is 0. The number of sulfonamides is 1. The predicted octanol–water partition coefficient (Wildman–Crippen LogP) is 2.26. The van der Waals surface area contributed by atoms with E-state index in [9.17, 15) is 8.42 Å². The maximum atomic E-state index is 12.1. The van der Waals surface area contributed by atoms with Gasteiger partial charge in [-0.2, -0.15) is 12.8 Å². The van der Waals surface area contributed by atoms with Gasteiger partial charge < -0.3 is 4.90 Å². The minimum Gasteiger partial charge on any atom is -0.362 e. The second kappa shape index (κ2) is 6.77. The van der Waals surface area contributed by atoms with E-state index in [2.05, 4.69) is 13.8 Å². The molecule has 0 aliphatic heterocycles. The summed E-state index contributed by atoms with van der Waals surface area (Å²) in [5, 5.41) is 0. The number of benzene rings is 1. The topological polar surface area (TPSA) is 75.5 Å². The molecule has 1 heterocycles. The first-order valence-electron chi connectivity index (χ1n) is 6.50. The van der Waals surface area contributed by atoms with Gasteiger partial charge in [-0.25, -0.2) is 4.98 Å². The SMILES string of the molecule is CCN(C=NS(=O)(=O)c1nc(-c2ccccc2)ns1)CC. The molecule has 0 radical (unpaired) electrons. The van der Waals surface area contributed by atoms with Crippen LogP contribution in [0.3, 0.4) is 0 Å². The van der Waals surface area contributed by atoms with Crippen LogP contribution in [0.5, 0.6) is 0 Å². The molecule has 0 unspecified atom stereocenters. The van der Waals surface area contributed by atoms with E-state index in [-0.39, 0.29) is 4.34 Å². The van der Waals surface area contributed by atoms with Crippen molar-refractivity contribution < 1.29 is 8.42 Å². The molecule has 6 nitrogen and oxygen atoms in total. The lowest BCUT2D eigenvalue weighted by Crippen LogP contribution is -2.21. The molecule has 21 heavy (non-hydrogen) atoms. The average Bonchev–Trinajstić information content (AvgIpc) is 3.00. The fourth-order valence-corrected chi connectivity index (χ4v) is 3.18. The Hall–Kier alpha value is -1.80. The van der Waals surface area contributed by atoms with Gasteiger partial charge in [0, 0.05) is 30.2 Å². The molecule has 2 aromatic rings. The summed E-state index contributed by atoms with van der Waals surface area (Å²) in [6, 6.07) is 9.24. The molecular formula is C13H16N4O2S2. The summed E-state index contributed by atoms with van der Waals surface area (Å²) in [5.74, 6) is 0.400. The molecule has 2 rings (SSSR count). The van der Waals surface area contributed by atoms with Crippen molar-refractivity contribution in [3.8, 4) is 11.4 Å². The highest BCUT2D eigenvalue weighted by molar-refractivity contribution is 7.92. The summed E-state index contributed by atoms with van der Waals surface area (Å²) < 4.78 is 31.8.